The fourth-order valence-electron chi connectivity index (χ4n) is 11.3. The van der Waals surface area contributed by atoms with Gasteiger partial charge in [0.15, 0.2) is 0 Å². The first-order valence-corrected chi connectivity index (χ1v) is 19.7. The fraction of sp³-hybridized carbons (Fsp3) is 0.245. The lowest BCUT2D eigenvalue weighted by molar-refractivity contribution is 0.549. The van der Waals surface area contributed by atoms with Gasteiger partial charge in [0.05, 0.1) is 5.41 Å². The maximum Gasteiger partial charge on any atom is 0.0795 e. The molecule has 0 heteroatoms. The van der Waals surface area contributed by atoms with Crippen LogP contribution in [0.1, 0.15) is 79.8 Å². The molecule has 0 saturated carbocycles. The molecule has 0 bridgehead atoms. The van der Waals surface area contributed by atoms with Gasteiger partial charge < -0.3 is 0 Å². The average Bonchev–Trinajstić information content (AvgIpc) is 3.39. The first-order chi connectivity index (χ1) is 25.7. The molecule has 0 saturated heterocycles. The van der Waals surface area contributed by atoms with Crippen molar-refractivity contribution in [3.8, 4) is 45.2 Å². The van der Waals surface area contributed by atoms with Gasteiger partial charge in [-0.15, -0.1) is 5.92 Å². The van der Waals surface area contributed by atoms with Crippen molar-refractivity contribution in [2.45, 2.75) is 72.1 Å². The first kappa shape index (κ1) is 31.2. The van der Waals surface area contributed by atoms with Crippen LogP contribution >= 0.6 is 0 Å². The van der Waals surface area contributed by atoms with Crippen LogP contribution in [0.15, 0.2) is 84.9 Å². The number of hydrogen-bond acceptors (Lipinski definition) is 0. The topological polar surface area (TPSA) is 0 Å². The molecule has 0 aliphatic heterocycles. The lowest BCUT2D eigenvalue weighted by atomic mass is 9.74. The Labute approximate surface area is 312 Å². The average molecular weight is 681 g/mol. The van der Waals surface area contributed by atoms with E-state index in [1.165, 1.54) is 116 Å². The van der Waals surface area contributed by atoms with Crippen LogP contribution in [0.2, 0.25) is 0 Å². The highest BCUT2D eigenvalue weighted by Crippen LogP contribution is 2.52. The number of fused-ring (bicyclic) bond motifs is 3. The summed E-state index contributed by atoms with van der Waals surface area (Å²) in [7, 11) is 0. The van der Waals surface area contributed by atoms with E-state index >= 15 is 0 Å². The zero-order chi connectivity index (χ0) is 35.9. The summed E-state index contributed by atoms with van der Waals surface area (Å²) in [5, 5.41) is 12.8. The molecular formula is C53H44. The van der Waals surface area contributed by atoms with Crippen molar-refractivity contribution < 1.29 is 0 Å². The molecule has 4 atom stereocenters. The highest BCUT2D eigenvalue weighted by molar-refractivity contribution is 6.17. The van der Waals surface area contributed by atoms with Crippen LogP contribution in [0.3, 0.4) is 0 Å². The summed E-state index contributed by atoms with van der Waals surface area (Å²) < 4.78 is 0. The summed E-state index contributed by atoms with van der Waals surface area (Å²) in [6, 6.07) is 33.6. The third kappa shape index (κ3) is 4.20. The van der Waals surface area contributed by atoms with Gasteiger partial charge in [-0.3, -0.25) is 0 Å². The maximum atomic E-state index is 3.75. The molecule has 53 heavy (non-hydrogen) atoms. The Bertz CT molecular complexity index is 3070. The van der Waals surface area contributed by atoms with Crippen molar-refractivity contribution >= 4 is 50.5 Å². The minimum Gasteiger partial charge on any atom is -0.105 e. The quantitative estimate of drug-likeness (QED) is 0.159. The third-order valence-corrected chi connectivity index (χ3v) is 13.5. The van der Waals surface area contributed by atoms with Gasteiger partial charge in [-0.1, -0.05) is 111 Å². The molecular weight excluding hydrogens is 637 g/mol. The first-order valence-electron chi connectivity index (χ1n) is 19.7. The van der Waals surface area contributed by atoms with Crippen LogP contribution < -0.4 is 15.7 Å². The minimum atomic E-state index is -0.422. The molecule has 0 heterocycles. The highest BCUT2D eigenvalue weighted by atomic mass is 14.4. The Morgan fingerprint density at radius 2 is 1.26 bits per heavy atom. The second-order valence-electron chi connectivity index (χ2n) is 17.0. The van der Waals surface area contributed by atoms with Crippen molar-refractivity contribution in [3.63, 3.8) is 0 Å². The summed E-state index contributed by atoms with van der Waals surface area (Å²) in [6.07, 6.45) is 11.0. The monoisotopic (exact) mass is 680 g/mol. The van der Waals surface area contributed by atoms with Crippen LogP contribution in [-0.2, 0) is 11.8 Å². The Balaban J connectivity index is 1.10. The summed E-state index contributed by atoms with van der Waals surface area (Å²) in [4.78, 5) is 0. The highest BCUT2D eigenvalue weighted by Gasteiger charge is 2.39. The Morgan fingerprint density at radius 3 is 1.98 bits per heavy atom. The van der Waals surface area contributed by atoms with Crippen LogP contribution in [0, 0.1) is 37.5 Å². The van der Waals surface area contributed by atoms with Gasteiger partial charge in [0.2, 0.25) is 0 Å². The second kappa shape index (κ2) is 10.8. The predicted molar refractivity (Wildman–Crippen MR) is 227 cm³/mol. The molecule has 7 aromatic carbocycles. The minimum absolute atomic E-state index is 0.422. The molecule has 7 aromatic rings. The van der Waals surface area contributed by atoms with E-state index in [-0.39, 0.29) is 0 Å². The van der Waals surface area contributed by atoms with E-state index in [4.69, 9.17) is 0 Å². The Kier molecular flexibility index (Phi) is 6.37. The van der Waals surface area contributed by atoms with Gasteiger partial charge in [-0.25, -0.2) is 0 Å². The Morgan fingerprint density at radius 1 is 0.623 bits per heavy atom. The lowest BCUT2D eigenvalue weighted by Gasteiger charge is -2.29. The summed E-state index contributed by atoms with van der Waals surface area (Å²) in [5.41, 5.74) is 15.8. The van der Waals surface area contributed by atoms with Crippen LogP contribution in [0.25, 0.3) is 83.9 Å². The number of hydrogen-bond donors (Lipinski definition) is 0. The van der Waals surface area contributed by atoms with Gasteiger partial charge in [0.1, 0.15) is 0 Å². The van der Waals surface area contributed by atoms with E-state index in [1.54, 1.807) is 5.56 Å². The predicted octanol–water partition coefficient (Wildman–Crippen LogP) is 11.2. The SMILES string of the molecule is CC#C[C@@]1(C)c2cc(-c3cc(C)c4c5c6c(ccc35)=CC(C)CC6CC=4)ccc2-c2ccc(-c3cc(C)c4ccc5c6c(ccc3c46)=CC(C)C5)cc21. The molecule has 256 valence electrons. The molecule has 0 nitrogen and oxygen atoms in total. The van der Waals surface area contributed by atoms with Gasteiger partial charge in [-0.2, -0.15) is 0 Å². The maximum absolute atomic E-state index is 3.75. The van der Waals surface area contributed by atoms with Gasteiger partial charge in [0.25, 0.3) is 0 Å². The van der Waals surface area contributed by atoms with E-state index in [0.29, 0.717) is 17.8 Å². The molecule has 0 fully saturated rings. The van der Waals surface area contributed by atoms with Crippen LogP contribution in [-0.4, -0.2) is 0 Å². The van der Waals surface area contributed by atoms with E-state index < -0.39 is 5.41 Å². The van der Waals surface area contributed by atoms with Crippen molar-refractivity contribution in [3.05, 3.63) is 134 Å². The molecule has 0 spiro atoms. The second-order valence-corrected chi connectivity index (χ2v) is 17.0. The van der Waals surface area contributed by atoms with Crippen molar-refractivity contribution in [2.24, 2.45) is 11.8 Å². The van der Waals surface area contributed by atoms with E-state index in [1.807, 2.05) is 6.92 Å². The Hall–Kier alpha value is -5.38. The molecule has 4 aliphatic carbocycles. The summed E-state index contributed by atoms with van der Waals surface area (Å²) in [6.45, 7) is 13.7. The molecule has 0 amide bonds. The van der Waals surface area contributed by atoms with Crippen molar-refractivity contribution in [1.82, 2.24) is 0 Å². The number of benzene rings is 7. The van der Waals surface area contributed by atoms with E-state index in [9.17, 15) is 0 Å². The zero-order valence-corrected chi connectivity index (χ0v) is 31.7. The van der Waals surface area contributed by atoms with Gasteiger partial charge >= 0.3 is 0 Å². The van der Waals surface area contributed by atoms with Crippen LogP contribution in [0.5, 0.6) is 0 Å². The van der Waals surface area contributed by atoms with Crippen molar-refractivity contribution in [2.75, 3.05) is 0 Å². The lowest BCUT2D eigenvalue weighted by Crippen LogP contribution is -2.28. The standard InChI is InChI=1S/C53H44/c1-7-20-53(6)47-27-33(45-25-31(4)39-14-10-35-21-29(2)23-37-12-18-43(45)51(39)49(35)37)8-16-41(47)42-17-9-34(28-48(42)53)46-26-32(5)40-15-11-36-22-30(3)24-38-13-19-44(46)52(40)50(36)38/h8-10,12-19,23-30,36H,11,21-22H2,1-6H3/t29?,30?,36?,53-/m1/s1. The zero-order valence-electron chi connectivity index (χ0n) is 31.7. The van der Waals surface area contributed by atoms with Gasteiger partial charge in [-0.05, 0) is 192 Å². The summed E-state index contributed by atoms with van der Waals surface area (Å²) in [5.74, 6) is 8.93. The van der Waals surface area contributed by atoms with E-state index in [0.717, 1.165) is 12.8 Å². The van der Waals surface area contributed by atoms with Crippen LogP contribution in [0.4, 0.5) is 0 Å². The van der Waals surface area contributed by atoms with Gasteiger partial charge in [0, 0.05) is 0 Å². The molecule has 0 aromatic heterocycles. The normalized spacial score (nSPS) is 21.7. The summed E-state index contributed by atoms with van der Waals surface area (Å²) >= 11 is 0. The molecule has 0 N–H and O–H groups in total. The molecule has 3 unspecified atom stereocenters. The number of aryl methyl sites for hydroxylation is 2. The third-order valence-electron chi connectivity index (χ3n) is 13.5. The molecule has 0 radical (unpaired) electrons. The number of rotatable bonds is 2. The largest absolute Gasteiger partial charge is 0.105 e. The van der Waals surface area contributed by atoms with E-state index in [2.05, 4.69) is 150 Å². The molecule has 11 rings (SSSR count). The fourth-order valence-corrected chi connectivity index (χ4v) is 11.3. The molecule has 4 aliphatic rings. The smallest absolute Gasteiger partial charge is 0.0795 e. The van der Waals surface area contributed by atoms with Crippen molar-refractivity contribution in [1.29, 1.82) is 0 Å².